The summed E-state index contributed by atoms with van der Waals surface area (Å²) in [6.07, 6.45) is 7.57. The minimum atomic E-state index is 0.506. The van der Waals surface area contributed by atoms with Crippen molar-refractivity contribution in [2.45, 2.75) is 38.4 Å². The predicted octanol–water partition coefficient (Wildman–Crippen LogP) is 2.44. The van der Waals surface area contributed by atoms with Gasteiger partial charge in [0.15, 0.2) is 0 Å². The first-order valence-corrected chi connectivity index (χ1v) is 7.66. The number of hydrogen-bond acceptors (Lipinski definition) is 5. The fourth-order valence-electron chi connectivity index (χ4n) is 2.58. The maximum Gasteiger partial charge on any atom is 0.138 e. The number of aromatic nitrogens is 4. The van der Waals surface area contributed by atoms with E-state index >= 15 is 0 Å². The third-order valence-corrected chi connectivity index (χ3v) is 4.55. The molecule has 0 saturated carbocycles. The van der Waals surface area contributed by atoms with E-state index in [4.69, 9.17) is 11.6 Å². The Labute approximate surface area is 121 Å². The summed E-state index contributed by atoms with van der Waals surface area (Å²) in [6.45, 7) is 2.82. The van der Waals surface area contributed by atoms with Crippen molar-refractivity contribution in [3.8, 4) is 0 Å². The highest BCUT2D eigenvalue weighted by Gasteiger charge is 2.24. The number of nitrogens with zero attached hydrogens (tertiary/aromatic N) is 5. The number of halogens is 1. The average molecular weight is 298 g/mol. The Bertz CT molecular complexity index is 512. The molecule has 0 bridgehead atoms. The van der Waals surface area contributed by atoms with Crippen molar-refractivity contribution in [1.82, 2.24) is 24.3 Å². The molecule has 19 heavy (non-hydrogen) atoms. The molecule has 1 fully saturated rings. The molecule has 1 atom stereocenters. The summed E-state index contributed by atoms with van der Waals surface area (Å²) in [6, 6.07) is 2.47. The van der Waals surface area contributed by atoms with Crippen molar-refractivity contribution < 1.29 is 0 Å². The molecule has 0 aromatic carbocycles. The summed E-state index contributed by atoms with van der Waals surface area (Å²) in [7, 11) is 0. The van der Waals surface area contributed by atoms with Crippen molar-refractivity contribution in [2.24, 2.45) is 0 Å². The van der Waals surface area contributed by atoms with E-state index in [-0.39, 0.29) is 0 Å². The van der Waals surface area contributed by atoms with Gasteiger partial charge in [0.25, 0.3) is 0 Å². The van der Waals surface area contributed by atoms with E-state index < -0.39 is 0 Å². The first kappa shape index (κ1) is 13.0. The molecule has 1 aliphatic heterocycles. The Morgan fingerprint density at radius 2 is 2.37 bits per heavy atom. The van der Waals surface area contributed by atoms with Gasteiger partial charge in [-0.25, -0.2) is 0 Å². The highest BCUT2D eigenvalue weighted by atomic mass is 35.5. The maximum atomic E-state index is 6.10. The van der Waals surface area contributed by atoms with E-state index in [9.17, 15) is 0 Å². The lowest BCUT2D eigenvalue weighted by molar-refractivity contribution is 0.120. The SMILES string of the molecule is Clc1snnc1CN1CCCC[C@@H]1Cn1cccn1. The Balaban J connectivity index is 1.68. The van der Waals surface area contributed by atoms with Crippen LogP contribution in [0.25, 0.3) is 0 Å². The smallest absolute Gasteiger partial charge is 0.138 e. The zero-order valence-corrected chi connectivity index (χ0v) is 12.1. The van der Waals surface area contributed by atoms with Gasteiger partial charge in [-0.05, 0) is 25.5 Å². The number of rotatable bonds is 4. The minimum absolute atomic E-state index is 0.506. The quantitative estimate of drug-likeness (QED) is 0.870. The lowest BCUT2D eigenvalue weighted by atomic mass is 10.0. The van der Waals surface area contributed by atoms with Crippen molar-refractivity contribution in [3.05, 3.63) is 28.5 Å². The summed E-state index contributed by atoms with van der Waals surface area (Å²) < 4.78 is 6.62. The molecular weight excluding hydrogens is 282 g/mol. The summed E-state index contributed by atoms with van der Waals surface area (Å²) in [5, 5.41) is 8.41. The molecule has 0 aliphatic carbocycles. The molecule has 0 N–H and O–H groups in total. The summed E-state index contributed by atoms with van der Waals surface area (Å²) >= 11 is 7.36. The maximum absolute atomic E-state index is 6.10. The lowest BCUT2D eigenvalue weighted by Gasteiger charge is -2.35. The number of likely N-dealkylation sites (tertiary alicyclic amines) is 1. The normalized spacial score (nSPS) is 20.8. The van der Waals surface area contributed by atoms with Crippen LogP contribution in [-0.4, -0.2) is 36.9 Å². The first-order valence-electron chi connectivity index (χ1n) is 6.51. The summed E-state index contributed by atoms with van der Waals surface area (Å²) in [5.74, 6) is 0. The molecule has 0 unspecified atom stereocenters. The van der Waals surface area contributed by atoms with E-state index in [1.54, 1.807) is 0 Å². The van der Waals surface area contributed by atoms with Gasteiger partial charge in [-0.2, -0.15) is 5.10 Å². The highest BCUT2D eigenvalue weighted by molar-refractivity contribution is 7.10. The minimum Gasteiger partial charge on any atom is -0.293 e. The largest absolute Gasteiger partial charge is 0.293 e. The van der Waals surface area contributed by atoms with Crippen LogP contribution in [-0.2, 0) is 13.1 Å². The molecular formula is C12H16ClN5S. The van der Waals surface area contributed by atoms with E-state index in [1.807, 2.05) is 23.1 Å². The molecule has 2 aromatic heterocycles. The van der Waals surface area contributed by atoms with E-state index in [0.717, 1.165) is 25.3 Å². The van der Waals surface area contributed by atoms with Gasteiger partial charge in [0.05, 0.1) is 6.54 Å². The third-order valence-electron chi connectivity index (χ3n) is 3.57. The summed E-state index contributed by atoms with van der Waals surface area (Å²) in [4.78, 5) is 2.45. The lowest BCUT2D eigenvalue weighted by Crippen LogP contribution is -2.41. The van der Waals surface area contributed by atoms with E-state index in [0.29, 0.717) is 10.4 Å². The zero-order valence-electron chi connectivity index (χ0n) is 10.6. The second-order valence-electron chi connectivity index (χ2n) is 4.84. The molecule has 5 nitrogen and oxygen atoms in total. The average Bonchev–Trinajstić information content (AvgIpc) is 3.05. The zero-order chi connectivity index (χ0) is 13.1. The molecule has 0 radical (unpaired) electrons. The van der Waals surface area contributed by atoms with Gasteiger partial charge in [0, 0.05) is 36.5 Å². The second kappa shape index (κ2) is 5.98. The predicted molar refractivity (Wildman–Crippen MR) is 75.2 cm³/mol. The fourth-order valence-corrected chi connectivity index (χ4v) is 3.19. The van der Waals surface area contributed by atoms with Crippen LogP contribution in [0.1, 0.15) is 25.0 Å². The van der Waals surface area contributed by atoms with Crippen LogP contribution in [0.5, 0.6) is 0 Å². The molecule has 3 heterocycles. The summed E-state index contributed by atoms with van der Waals surface area (Å²) in [5.41, 5.74) is 0.902. The van der Waals surface area contributed by atoms with Gasteiger partial charge in [-0.1, -0.05) is 22.5 Å². The molecule has 3 rings (SSSR count). The molecule has 1 aliphatic rings. The Morgan fingerprint density at radius 3 is 3.11 bits per heavy atom. The van der Waals surface area contributed by atoms with Crippen LogP contribution in [0.2, 0.25) is 4.34 Å². The van der Waals surface area contributed by atoms with Crippen molar-refractivity contribution in [3.63, 3.8) is 0 Å². The van der Waals surface area contributed by atoms with Crippen molar-refractivity contribution in [1.29, 1.82) is 0 Å². The Morgan fingerprint density at radius 1 is 1.42 bits per heavy atom. The molecule has 102 valence electrons. The molecule has 0 amide bonds. The topological polar surface area (TPSA) is 46.8 Å². The van der Waals surface area contributed by atoms with Crippen LogP contribution < -0.4 is 0 Å². The van der Waals surface area contributed by atoms with Crippen molar-refractivity contribution in [2.75, 3.05) is 6.54 Å². The molecule has 1 saturated heterocycles. The van der Waals surface area contributed by atoms with Gasteiger partial charge in [0.1, 0.15) is 10.0 Å². The van der Waals surface area contributed by atoms with Crippen LogP contribution in [0.15, 0.2) is 18.5 Å². The molecule has 7 heteroatoms. The molecule has 2 aromatic rings. The van der Waals surface area contributed by atoms with Crippen LogP contribution >= 0.6 is 23.1 Å². The van der Waals surface area contributed by atoms with Crippen LogP contribution in [0, 0.1) is 0 Å². The number of hydrogen-bond donors (Lipinski definition) is 0. The van der Waals surface area contributed by atoms with Gasteiger partial charge >= 0.3 is 0 Å². The van der Waals surface area contributed by atoms with Gasteiger partial charge in [0.2, 0.25) is 0 Å². The van der Waals surface area contributed by atoms with E-state index in [1.165, 1.54) is 30.8 Å². The Kier molecular flexibility index (Phi) is 4.10. The van der Waals surface area contributed by atoms with Crippen molar-refractivity contribution >= 4 is 23.1 Å². The number of piperidine rings is 1. The second-order valence-corrected chi connectivity index (χ2v) is 6.20. The van der Waals surface area contributed by atoms with Gasteiger partial charge in [-0.3, -0.25) is 9.58 Å². The van der Waals surface area contributed by atoms with Crippen LogP contribution in [0.3, 0.4) is 0 Å². The highest BCUT2D eigenvalue weighted by Crippen LogP contribution is 2.24. The molecule has 0 spiro atoms. The fraction of sp³-hybridized carbons (Fsp3) is 0.583. The van der Waals surface area contributed by atoms with Gasteiger partial charge in [-0.15, -0.1) is 5.10 Å². The standard InChI is InChI=1S/C12H16ClN5S/c13-12-11(15-16-19-12)9-17-6-2-1-4-10(17)8-18-7-3-5-14-18/h3,5,7,10H,1-2,4,6,8-9H2/t10-/m1/s1. The Hall–Kier alpha value is -0.980. The van der Waals surface area contributed by atoms with Gasteiger partial charge < -0.3 is 0 Å². The van der Waals surface area contributed by atoms with E-state index in [2.05, 4.69) is 19.6 Å². The van der Waals surface area contributed by atoms with Crippen LogP contribution in [0.4, 0.5) is 0 Å². The monoisotopic (exact) mass is 297 g/mol. The first-order chi connectivity index (χ1) is 9.33. The third kappa shape index (κ3) is 3.13.